The summed E-state index contributed by atoms with van der Waals surface area (Å²) in [5.41, 5.74) is 1.36. The fourth-order valence-corrected chi connectivity index (χ4v) is 5.55. The normalized spacial score (nSPS) is 20.1. The number of fused-ring (bicyclic) bond motifs is 1. The Morgan fingerprint density at radius 3 is 2.69 bits per heavy atom. The van der Waals surface area contributed by atoms with E-state index in [-0.39, 0.29) is 29.3 Å². The monoisotopic (exact) mass is 489 g/mol. The van der Waals surface area contributed by atoms with E-state index in [1.165, 1.54) is 11.8 Å². The Labute approximate surface area is 207 Å². The number of anilines is 1. The zero-order chi connectivity index (χ0) is 24.4. The third-order valence-electron chi connectivity index (χ3n) is 6.80. The van der Waals surface area contributed by atoms with Gasteiger partial charge in [0.05, 0.1) is 16.7 Å². The number of amides is 1. The number of para-hydroxylation sites is 1. The average molecular weight is 490 g/mol. The minimum atomic E-state index is -0.308. The van der Waals surface area contributed by atoms with Gasteiger partial charge in [0.2, 0.25) is 11.8 Å². The minimum absolute atomic E-state index is 0.0352. The molecule has 2 aromatic carbocycles. The van der Waals surface area contributed by atoms with E-state index in [0.717, 1.165) is 24.8 Å². The van der Waals surface area contributed by atoms with Crippen molar-refractivity contribution in [3.8, 4) is 11.5 Å². The molecule has 4 aromatic rings. The van der Waals surface area contributed by atoms with Crippen LogP contribution in [0.3, 0.4) is 0 Å². The van der Waals surface area contributed by atoms with Crippen molar-refractivity contribution in [2.75, 3.05) is 11.1 Å². The molecule has 2 heterocycles. The first-order chi connectivity index (χ1) is 17.0. The van der Waals surface area contributed by atoms with E-state index >= 15 is 0 Å². The van der Waals surface area contributed by atoms with Crippen molar-refractivity contribution in [1.29, 1.82) is 0 Å². The summed E-state index contributed by atoms with van der Waals surface area (Å²) >= 11 is 1.25. The first-order valence-electron chi connectivity index (χ1n) is 11.8. The number of hydrogen-bond donors (Lipinski definition) is 1. The number of hydrogen-bond acceptors (Lipinski definition) is 7. The highest BCUT2D eigenvalue weighted by Crippen LogP contribution is 2.38. The molecular formula is C26H27N5O3S. The maximum Gasteiger partial charge on any atom is 0.322 e. The number of aromatic nitrogens is 4. The van der Waals surface area contributed by atoms with Crippen molar-refractivity contribution in [3.05, 3.63) is 65.0 Å². The summed E-state index contributed by atoms with van der Waals surface area (Å²) in [6, 6.07) is 16.8. The highest BCUT2D eigenvalue weighted by molar-refractivity contribution is 7.99. The van der Waals surface area contributed by atoms with Gasteiger partial charge in [0.1, 0.15) is 0 Å². The molecule has 3 atom stereocenters. The summed E-state index contributed by atoms with van der Waals surface area (Å²) in [6.07, 6.45) is 3.16. The molecule has 1 fully saturated rings. The molecule has 0 unspecified atom stereocenters. The molecule has 1 aliphatic rings. The van der Waals surface area contributed by atoms with E-state index < -0.39 is 0 Å². The maximum absolute atomic E-state index is 13.5. The molecule has 5 rings (SSSR count). The van der Waals surface area contributed by atoms with Crippen LogP contribution in [0.15, 0.2) is 69.0 Å². The Balaban J connectivity index is 1.37. The van der Waals surface area contributed by atoms with Crippen LogP contribution < -0.4 is 10.9 Å². The molecule has 9 heteroatoms. The summed E-state index contributed by atoms with van der Waals surface area (Å²) in [5, 5.41) is 11.7. The standard InChI is InChI=1S/C26H27N5O3S/c1-16-9-8-14-21(17(16)2)31-24(33)19-12-6-7-13-20(19)27-26(31)35-15-22(32)28-25-30-29-23(34-25)18-10-4-3-5-11-18/h3-7,10-13,16-17,21H,8-9,14-15H2,1-2H3,(H,28,30,32)/t16-,17+,21-/m1/s1. The molecule has 0 spiro atoms. The smallest absolute Gasteiger partial charge is 0.322 e. The third-order valence-corrected chi connectivity index (χ3v) is 7.75. The number of nitrogens with zero attached hydrogens (tertiary/aromatic N) is 4. The lowest BCUT2D eigenvalue weighted by molar-refractivity contribution is -0.113. The Kier molecular flexibility index (Phi) is 6.68. The molecule has 8 nitrogen and oxygen atoms in total. The SMILES string of the molecule is C[C@H]1[C@H](C)CCC[C@H]1n1c(SCC(=O)Nc2nnc(-c3ccccc3)o2)nc2ccccc2c1=O. The second-order valence-corrected chi connectivity index (χ2v) is 9.98. The number of thioether (sulfide) groups is 1. The Morgan fingerprint density at radius 1 is 1.09 bits per heavy atom. The molecule has 0 saturated heterocycles. The largest absolute Gasteiger partial charge is 0.403 e. The minimum Gasteiger partial charge on any atom is -0.403 e. The lowest BCUT2D eigenvalue weighted by atomic mass is 9.78. The molecule has 0 radical (unpaired) electrons. The van der Waals surface area contributed by atoms with Gasteiger partial charge < -0.3 is 4.42 Å². The molecule has 0 bridgehead atoms. The van der Waals surface area contributed by atoms with Crippen molar-refractivity contribution in [3.63, 3.8) is 0 Å². The second kappa shape index (κ2) is 10.0. The predicted octanol–water partition coefficient (Wildman–Crippen LogP) is 5.17. The van der Waals surface area contributed by atoms with Gasteiger partial charge in [0.25, 0.3) is 5.56 Å². The van der Waals surface area contributed by atoms with Gasteiger partial charge in [-0.05, 0) is 42.5 Å². The fraction of sp³-hybridized carbons (Fsp3) is 0.346. The highest BCUT2D eigenvalue weighted by Gasteiger charge is 2.31. The van der Waals surface area contributed by atoms with Gasteiger partial charge in [-0.1, -0.05) is 73.9 Å². The van der Waals surface area contributed by atoms with E-state index in [2.05, 4.69) is 29.4 Å². The molecule has 2 aromatic heterocycles. The highest BCUT2D eigenvalue weighted by atomic mass is 32.2. The lowest BCUT2D eigenvalue weighted by Gasteiger charge is -2.36. The van der Waals surface area contributed by atoms with Crippen molar-refractivity contribution in [1.82, 2.24) is 19.7 Å². The van der Waals surface area contributed by atoms with Gasteiger partial charge in [-0.15, -0.1) is 5.10 Å². The summed E-state index contributed by atoms with van der Waals surface area (Å²) in [7, 11) is 0. The van der Waals surface area contributed by atoms with Crippen LogP contribution >= 0.6 is 11.8 Å². The molecule has 1 N–H and O–H groups in total. The number of carbonyl (C=O) groups is 1. The zero-order valence-electron chi connectivity index (χ0n) is 19.7. The molecule has 0 aliphatic heterocycles. The van der Waals surface area contributed by atoms with Gasteiger partial charge in [-0.3, -0.25) is 19.5 Å². The van der Waals surface area contributed by atoms with Gasteiger partial charge in [0, 0.05) is 11.6 Å². The number of carbonyl (C=O) groups excluding carboxylic acids is 1. The van der Waals surface area contributed by atoms with Crippen LogP contribution in [-0.4, -0.2) is 31.4 Å². The van der Waals surface area contributed by atoms with Crippen molar-refractivity contribution in [2.45, 2.75) is 44.3 Å². The number of benzene rings is 2. The summed E-state index contributed by atoms with van der Waals surface area (Å²) in [4.78, 5) is 31.0. The topological polar surface area (TPSA) is 103 Å². The Bertz CT molecular complexity index is 1400. The Hall–Kier alpha value is -3.46. The molecule has 180 valence electrons. The average Bonchev–Trinajstić information content (AvgIpc) is 3.34. The second-order valence-electron chi connectivity index (χ2n) is 9.04. The van der Waals surface area contributed by atoms with Crippen molar-refractivity contribution < 1.29 is 9.21 Å². The van der Waals surface area contributed by atoms with E-state index in [4.69, 9.17) is 9.40 Å². The number of rotatable bonds is 6. The van der Waals surface area contributed by atoms with E-state index in [1.54, 1.807) is 0 Å². The van der Waals surface area contributed by atoms with E-state index in [9.17, 15) is 9.59 Å². The fourth-order valence-electron chi connectivity index (χ4n) is 4.69. The van der Waals surface area contributed by atoms with Crippen LogP contribution in [0.25, 0.3) is 22.4 Å². The molecule has 35 heavy (non-hydrogen) atoms. The number of nitrogens with one attached hydrogen (secondary N) is 1. The van der Waals surface area contributed by atoms with Gasteiger partial charge in [-0.2, -0.15) is 0 Å². The van der Waals surface area contributed by atoms with Crippen LogP contribution in [0.1, 0.15) is 39.2 Å². The van der Waals surface area contributed by atoms with Gasteiger partial charge in [0.15, 0.2) is 5.16 Å². The Morgan fingerprint density at radius 2 is 1.86 bits per heavy atom. The van der Waals surface area contributed by atoms with Gasteiger partial charge in [-0.25, -0.2) is 4.98 Å². The quantitative estimate of drug-likeness (QED) is 0.294. The predicted molar refractivity (Wildman–Crippen MR) is 136 cm³/mol. The molecule has 1 amide bonds. The van der Waals surface area contributed by atoms with Crippen molar-refractivity contribution >= 4 is 34.6 Å². The molecular weight excluding hydrogens is 462 g/mol. The van der Waals surface area contributed by atoms with Gasteiger partial charge >= 0.3 is 6.01 Å². The summed E-state index contributed by atoms with van der Waals surface area (Å²) in [5.74, 6) is 0.943. The molecule has 1 saturated carbocycles. The van der Waals surface area contributed by atoms with Crippen LogP contribution in [-0.2, 0) is 4.79 Å². The van der Waals surface area contributed by atoms with Crippen LogP contribution in [0, 0.1) is 11.8 Å². The maximum atomic E-state index is 13.5. The third kappa shape index (κ3) is 4.86. The first-order valence-corrected chi connectivity index (χ1v) is 12.8. The zero-order valence-corrected chi connectivity index (χ0v) is 20.5. The van der Waals surface area contributed by atoms with Crippen molar-refractivity contribution in [2.24, 2.45) is 11.8 Å². The first kappa shape index (κ1) is 23.3. The van der Waals surface area contributed by atoms with E-state index in [1.807, 2.05) is 59.2 Å². The van der Waals surface area contributed by atoms with Crippen LogP contribution in [0.5, 0.6) is 0 Å². The summed E-state index contributed by atoms with van der Waals surface area (Å²) in [6.45, 7) is 4.45. The molecule has 1 aliphatic carbocycles. The summed E-state index contributed by atoms with van der Waals surface area (Å²) < 4.78 is 7.40. The van der Waals surface area contributed by atoms with E-state index in [0.29, 0.717) is 33.8 Å². The lowest BCUT2D eigenvalue weighted by Crippen LogP contribution is -2.35. The van der Waals surface area contributed by atoms with Crippen LogP contribution in [0.2, 0.25) is 0 Å². The van der Waals surface area contributed by atoms with Crippen LogP contribution in [0.4, 0.5) is 6.01 Å².